The van der Waals surface area contributed by atoms with Gasteiger partial charge in [0.1, 0.15) is 5.69 Å². The van der Waals surface area contributed by atoms with Gasteiger partial charge in [-0.25, -0.2) is 5.10 Å². The van der Waals surface area contributed by atoms with Crippen LogP contribution in [0.5, 0.6) is 0 Å². The van der Waals surface area contributed by atoms with Crippen molar-refractivity contribution in [1.82, 2.24) is 30.3 Å². The molecular formula is C24H24N6O2. The van der Waals surface area contributed by atoms with E-state index in [1.807, 2.05) is 43.6 Å². The number of nitrogens with one attached hydrogen (secondary N) is 2. The summed E-state index contributed by atoms with van der Waals surface area (Å²) in [4.78, 5) is 29.1. The van der Waals surface area contributed by atoms with E-state index in [-0.39, 0.29) is 23.4 Å². The third-order valence-corrected chi connectivity index (χ3v) is 6.21. The zero-order valence-corrected chi connectivity index (χ0v) is 17.8. The van der Waals surface area contributed by atoms with Crippen molar-refractivity contribution in [2.75, 3.05) is 0 Å². The minimum absolute atomic E-state index is 0.104. The number of nitrogens with zero attached hydrogens (tertiary/aromatic N) is 4. The number of amides is 1. The summed E-state index contributed by atoms with van der Waals surface area (Å²) in [7, 11) is 1.86. The van der Waals surface area contributed by atoms with Gasteiger partial charge in [0.25, 0.3) is 11.5 Å². The summed E-state index contributed by atoms with van der Waals surface area (Å²) in [6.07, 6.45) is 8.92. The average Bonchev–Trinajstić information content (AvgIpc) is 3.26. The van der Waals surface area contributed by atoms with Crippen LogP contribution in [0.15, 0.2) is 59.8 Å². The fraction of sp³-hybridized carbons (Fsp3) is 0.292. The second-order valence-electron chi connectivity index (χ2n) is 8.34. The number of aryl methyl sites for hydroxylation is 1. The van der Waals surface area contributed by atoms with Crippen molar-refractivity contribution in [3.63, 3.8) is 0 Å². The molecule has 0 bridgehead atoms. The van der Waals surface area contributed by atoms with Gasteiger partial charge < -0.3 is 5.32 Å². The molecule has 0 spiro atoms. The van der Waals surface area contributed by atoms with E-state index in [4.69, 9.17) is 0 Å². The standard InChI is InChI=1S/C24H24N6O2/c1-30-14-17(13-26-30)16-8-11-21(25-12-16)24(32)27-18-9-6-15(7-10-18)22-19-4-2-3-5-20(19)23(31)29-28-22/h2-5,8,11-15,18H,6-7,9-10H2,1H3,(H,27,32)(H,29,31)/t15-,18-. The van der Waals surface area contributed by atoms with Gasteiger partial charge in [0.15, 0.2) is 0 Å². The normalized spacial score (nSPS) is 18.5. The van der Waals surface area contributed by atoms with E-state index in [1.165, 1.54) is 0 Å². The highest BCUT2D eigenvalue weighted by molar-refractivity contribution is 5.92. The summed E-state index contributed by atoms with van der Waals surface area (Å²) in [6, 6.07) is 11.3. The maximum atomic E-state index is 12.7. The second-order valence-corrected chi connectivity index (χ2v) is 8.34. The van der Waals surface area contributed by atoms with Gasteiger partial charge in [-0.1, -0.05) is 24.3 Å². The largest absolute Gasteiger partial charge is 0.348 e. The summed E-state index contributed by atoms with van der Waals surface area (Å²) < 4.78 is 1.73. The quantitative estimate of drug-likeness (QED) is 0.519. The lowest BCUT2D eigenvalue weighted by atomic mass is 9.82. The number of carbonyl (C=O) groups is 1. The van der Waals surface area contributed by atoms with Crippen LogP contribution in [0.25, 0.3) is 21.9 Å². The van der Waals surface area contributed by atoms with Gasteiger partial charge >= 0.3 is 0 Å². The van der Waals surface area contributed by atoms with Crippen LogP contribution in [-0.2, 0) is 7.05 Å². The molecule has 162 valence electrons. The van der Waals surface area contributed by atoms with E-state index in [2.05, 4.69) is 25.6 Å². The van der Waals surface area contributed by atoms with Crippen molar-refractivity contribution in [2.45, 2.75) is 37.6 Å². The van der Waals surface area contributed by atoms with Crippen LogP contribution in [0, 0.1) is 0 Å². The molecule has 1 aliphatic carbocycles. The number of H-pyrrole nitrogens is 1. The molecule has 1 saturated carbocycles. The number of rotatable bonds is 4. The van der Waals surface area contributed by atoms with Gasteiger partial charge in [0.05, 0.1) is 17.3 Å². The predicted molar refractivity (Wildman–Crippen MR) is 121 cm³/mol. The number of fused-ring (bicyclic) bond motifs is 1. The van der Waals surface area contributed by atoms with Crippen molar-refractivity contribution in [2.24, 2.45) is 7.05 Å². The lowest BCUT2D eigenvalue weighted by Crippen LogP contribution is -2.37. The molecule has 0 radical (unpaired) electrons. The molecule has 8 heteroatoms. The van der Waals surface area contributed by atoms with Crippen molar-refractivity contribution in [3.05, 3.63) is 76.7 Å². The highest BCUT2D eigenvalue weighted by atomic mass is 16.2. The highest BCUT2D eigenvalue weighted by Crippen LogP contribution is 2.34. The molecule has 1 fully saturated rings. The Morgan fingerprint density at radius 3 is 2.50 bits per heavy atom. The summed E-state index contributed by atoms with van der Waals surface area (Å²) in [5, 5.41) is 15.9. The molecule has 32 heavy (non-hydrogen) atoms. The molecular weight excluding hydrogens is 404 g/mol. The minimum Gasteiger partial charge on any atom is -0.348 e. The molecule has 2 N–H and O–H groups in total. The molecule has 4 aromatic rings. The Morgan fingerprint density at radius 1 is 1.03 bits per heavy atom. The Balaban J connectivity index is 1.22. The van der Waals surface area contributed by atoms with E-state index in [9.17, 15) is 9.59 Å². The number of pyridine rings is 1. The zero-order chi connectivity index (χ0) is 22.1. The first kappa shape index (κ1) is 20.1. The summed E-state index contributed by atoms with van der Waals surface area (Å²) in [5.41, 5.74) is 3.09. The van der Waals surface area contributed by atoms with Crippen LogP contribution in [-0.4, -0.2) is 36.9 Å². The first-order valence-electron chi connectivity index (χ1n) is 10.8. The predicted octanol–water partition coefficient (Wildman–Crippen LogP) is 3.17. The van der Waals surface area contributed by atoms with Crippen LogP contribution >= 0.6 is 0 Å². The van der Waals surface area contributed by atoms with E-state index in [1.54, 1.807) is 23.1 Å². The van der Waals surface area contributed by atoms with Gasteiger partial charge in [0, 0.05) is 47.9 Å². The third-order valence-electron chi connectivity index (χ3n) is 6.21. The molecule has 3 aromatic heterocycles. The van der Waals surface area contributed by atoms with Gasteiger partial charge in [-0.05, 0) is 37.8 Å². The summed E-state index contributed by atoms with van der Waals surface area (Å²) in [5.74, 6) is 0.112. The van der Waals surface area contributed by atoms with Crippen molar-refractivity contribution in [1.29, 1.82) is 0 Å². The lowest BCUT2D eigenvalue weighted by molar-refractivity contribution is 0.0920. The molecule has 0 atom stereocenters. The van der Waals surface area contributed by atoms with Crippen LogP contribution in [0.1, 0.15) is 47.8 Å². The summed E-state index contributed by atoms with van der Waals surface area (Å²) in [6.45, 7) is 0. The fourth-order valence-electron chi connectivity index (χ4n) is 4.49. The van der Waals surface area contributed by atoms with Gasteiger partial charge in [-0.15, -0.1) is 0 Å². The Hall–Kier alpha value is -3.81. The lowest BCUT2D eigenvalue weighted by Gasteiger charge is -2.29. The first-order valence-corrected chi connectivity index (χ1v) is 10.8. The van der Waals surface area contributed by atoms with E-state index >= 15 is 0 Å². The molecule has 3 heterocycles. The molecule has 0 saturated heterocycles. The number of aromatic nitrogens is 5. The maximum Gasteiger partial charge on any atom is 0.272 e. The number of hydrogen-bond donors (Lipinski definition) is 2. The van der Waals surface area contributed by atoms with Gasteiger partial charge in [0.2, 0.25) is 0 Å². The van der Waals surface area contributed by atoms with Crippen molar-refractivity contribution in [3.8, 4) is 11.1 Å². The third kappa shape index (κ3) is 3.91. The Bertz CT molecular complexity index is 1320. The number of carbonyl (C=O) groups excluding carboxylic acids is 1. The molecule has 1 aliphatic rings. The van der Waals surface area contributed by atoms with E-state index in [0.29, 0.717) is 11.1 Å². The van der Waals surface area contributed by atoms with Crippen molar-refractivity contribution >= 4 is 16.7 Å². The van der Waals surface area contributed by atoms with E-state index in [0.717, 1.165) is 47.9 Å². The topological polar surface area (TPSA) is 106 Å². The molecule has 5 rings (SSSR count). The van der Waals surface area contributed by atoms with Crippen LogP contribution < -0.4 is 10.9 Å². The maximum absolute atomic E-state index is 12.7. The Kier molecular flexibility index (Phi) is 5.26. The Labute approximate surface area is 184 Å². The minimum atomic E-state index is -0.160. The van der Waals surface area contributed by atoms with Gasteiger partial charge in [-0.2, -0.15) is 10.2 Å². The molecule has 8 nitrogen and oxygen atoms in total. The molecule has 1 aromatic carbocycles. The molecule has 0 aliphatic heterocycles. The zero-order valence-electron chi connectivity index (χ0n) is 17.8. The smallest absolute Gasteiger partial charge is 0.272 e. The van der Waals surface area contributed by atoms with Crippen molar-refractivity contribution < 1.29 is 4.79 Å². The molecule has 0 unspecified atom stereocenters. The summed E-state index contributed by atoms with van der Waals surface area (Å²) >= 11 is 0. The SMILES string of the molecule is Cn1cc(-c2ccc(C(=O)N[C@H]3CC[C@H](c4n[nH]c(=O)c5ccccc54)CC3)nc2)cn1. The fourth-order valence-corrected chi connectivity index (χ4v) is 4.49. The number of hydrogen-bond acceptors (Lipinski definition) is 5. The van der Waals surface area contributed by atoms with Crippen LogP contribution in [0.2, 0.25) is 0 Å². The first-order chi connectivity index (χ1) is 15.6. The number of benzene rings is 1. The monoisotopic (exact) mass is 428 g/mol. The van der Waals surface area contributed by atoms with Crippen LogP contribution in [0.3, 0.4) is 0 Å². The second kappa shape index (κ2) is 8.37. The van der Waals surface area contributed by atoms with E-state index < -0.39 is 0 Å². The highest BCUT2D eigenvalue weighted by Gasteiger charge is 2.26. The average molecular weight is 428 g/mol. The molecule has 1 amide bonds. The Morgan fingerprint density at radius 2 is 1.81 bits per heavy atom. The number of aromatic amines is 1. The van der Waals surface area contributed by atoms with Crippen LogP contribution in [0.4, 0.5) is 0 Å². The van der Waals surface area contributed by atoms with Gasteiger partial charge in [-0.3, -0.25) is 19.3 Å².